The van der Waals surface area contributed by atoms with E-state index in [1.165, 1.54) is 4.90 Å². The van der Waals surface area contributed by atoms with Gasteiger partial charge < -0.3 is 15.0 Å². The molecule has 1 aliphatic carbocycles. The van der Waals surface area contributed by atoms with Crippen LogP contribution in [0.4, 0.5) is 5.82 Å². The highest BCUT2D eigenvalue weighted by molar-refractivity contribution is 5.98. The molecule has 1 saturated carbocycles. The molecule has 0 bridgehead atoms. The molecule has 1 heterocycles. The number of hydrogen-bond acceptors (Lipinski definition) is 4. The zero-order valence-electron chi connectivity index (χ0n) is 10.4. The van der Waals surface area contributed by atoms with Crippen LogP contribution in [0.1, 0.15) is 23.2 Å². The Bertz CT molecular complexity index is 428. The minimum Gasteiger partial charge on any atom is -0.489 e. The summed E-state index contributed by atoms with van der Waals surface area (Å²) in [6.07, 6.45) is 4.13. The Morgan fingerprint density at radius 1 is 1.53 bits per heavy atom. The van der Waals surface area contributed by atoms with Crippen LogP contribution in [0.25, 0.3) is 0 Å². The number of hydrogen-bond donors (Lipinski definition) is 1. The fraction of sp³-hybridized carbons (Fsp3) is 0.500. The Hall–Kier alpha value is -1.78. The van der Waals surface area contributed by atoms with Crippen LogP contribution >= 0.6 is 0 Å². The van der Waals surface area contributed by atoms with Crippen molar-refractivity contribution in [3.8, 4) is 5.75 Å². The predicted molar refractivity (Wildman–Crippen MR) is 65.5 cm³/mol. The van der Waals surface area contributed by atoms with Gasteiger partial charge >= 0.3 is 0 Å². The van der Waals surface area contributed by atoms with E-state index in [1.807, 2.05) is 0 Å². The molecule has 17 heavy (non-hydrogen) atoms. The number of nitrogens with one attached hydrogen (secondary N) is 1. The molecule has 92 valence electrons. The number of carbonyl (C=O) groups is 1. The first-order valence-electron chi connectivity index (χ1n) is 5.68. The Morgan fingerprint density at radius 2 is 2.24 bits per heavy atom. The summed E-state index contributed by atoms with van der Waals surface area (Å²) in [4.78, 5) is 17.7. The first-order chi connectivity index (χ1) is 8.11. The standard InChI is InChI=1S/C12H17N3O2/c1-13-11-10(12(16)15(2)3)6-9(7-14-11)17-8-4-5-8/h6-8H,4-5H2,1-3H3,(H,13,14). The highest BCUT2D eigenvalue weighted by Gasteiger charge is 2.24. The van der Waals surface area contributed by atoms with Gasteiger partial charge in [0.05, 0.1) is 17.9 Å². The van der Waals surface area contributed by atoms with Gasteiger partial charge in [-0.05, 0) is 18.9 Å². The lowest BCUT2D eigenvalue weighted by Gasteiger charge is -2.14. The highest BCUT2D eigenvalue weighted by Crippen LogP contribution is 2.28. The monoisotopic (exact) mass is 235 g/mol. The molecule has 0 spiro atoms. The third-order valence-electron chi connectivity index (χ3n) is 2.56. The fourth-order valence-electron chi connectivity index (χ4n) is 1.49. The highest BCUT2D eigenvalue weighted by atomic mass is 16.5. The molecule has 1 aromatic heterocycles. The van der Waals surface area contributed by atoms with Gasteiger partial charge in [0.25, 0.3) is 5.91 Å². The Kier molecular flexibility index (Phi) is 3.17. The van der Waals surface area contributed by atoms with Crippen molar-refractivity contribution in [2.24, 2.45) is 0 Å². The number of amides is 1. The topological polar surface area (TPSA) is 54.5 Å². The number of nitrogens with zero attached hydrogens (tertiary/aromatic N) is 2. The molecule has 0 saturated heterocycles. The third kappa shape index (κ3) is 2.67. The normalized spacial score (nSPS) is 14.3. The van der Waals surface area contributed by atoms with Gasteiger partial charge in [-0.15, -0.1) is 0 Å². The molecule has 1 N–H and O–H groups in total. The summed E-state index contributed by atoms with van der Waals surface area (Å²) in [5, 5.41) is 2.91. The molecule has 1 aliphatic rings. The van der Waals surface area contributed by atoms with E-state index in [0.29, 0.717) is 23.2 Å². The summed E-state index contributed by atoms with van der Waals surface area (Å²) in [5.41, 5.74) is 0.538. The SMILES string of the molecule is CNc1ncc(OC2CC2)cc1C(=O)N(C)C. The number of anilines is 1. The van der Waals surface area contributed by atoms with E-state index in [4.69, 9.17) is 4.74 Å². The van der Waals surface area contributed by atoms with E-state index < -0.39 is 0 Å². The minimum atomic E-state index is -0.0805. The van der Waals surface area contributed by atoms with Gasteiger partial charge in [0.2, 0.25) is 0 Å². The average molecular weight is 235 g/mol. The van der Waals surface area contributed by atoms with Crippen molar-refractivity contribution in [2.45, 2.75) is 18.9 Å². The molecule has 0 radical (unpaired) electrons. The van der Waals surface area contributed by atoms with E-state index in [0.717, 1.165) is 12.8 Å². The average Bonchev–Trinajstić information content (AvgIpc) is 3.11. The predicted octanol–water partition coefficient (Wildman–Crippen LogP) is 1.37. The van der Waals surface area contributed by atoms with Crippen molar-refractivity contribution in [3.05, 3.63) is 17.8 Å². The van der Waals surface area contributed by atoms with Gasteiger partial charge in [-0.25, -0.2) is 4.98 Å². The van der Waals surface area contributed by atoms with Gasteiger partial charge in [0.15, 0.2) is 0 Å². The van der Waals surface area contributed by atoms with Crippen molar-refractivity contribution in [3.63, 3.8) is 0 Å². The summed E-state index contributed by atoms with van der Waals surface area (Å²) in [6, 6.07) is 1.75. The number of ether oxygens (including phenoxy) is 1. The van der Waals surface area contributed by atoms with E-state index in [-0.39, 0.29) is 5.91 Å². The number of rotatable bonds is 4. The van der Waals surface area contributed by atoms with Crippen LogP contribution in [-0.4, -0.2) is 43.0 Å². The molecule has 2 rings (SSSR count). The summed E-state index contributed by atoms with van der Waals surface area (Å²) >= 11 is 0. The van der Waals surface area contributed by atoms with Crippen molar-refractivity contribution < 1.29 is 9.53 Å². The first-order valence-corrected chi connectivity index (χ1v) is 5.68. The van der Waals surface area contributed by atoms with E-state index in [2.05, 4.69) is 10.3 Å². The minimum absolute atomic E-state index is 0.0805. The molecule has 0 unspecified atom stereocenters. The third-order valence-corrected chi connectivity index (χ3v) is 2.56. The van der Waals surface area contributed by atoms with Gasteiger partial charge in [0, 0.05) is 21.1 Å². The summed E-state index contributed by atoms with van der Waals surface area (Å²) in [6.45, 7) is 0. The maximum atomic E-state index is 12.0. The van der Waals surface area contributed by atoms with Crippen LogP contribution in [-0.2, 0) is 0 Å². The maximum absolute atomic E-state index is 12.0. The number of aromatic nitrogens is 1. The van der Waals surface area contributed by atoms with Crippen molar-refractivity contribution in [1.29, 1.82) is 0 Å². The van der Waals surface area contributed by atoms with Crippen LogP contribution in [0, 0.1) is 0 Å². The molecule has 0 aromatic carbocycles. The van der Waals surface area contributed by atoms with Crippen LogP contribution < -0.4 is 10.1 Å². The molecule has 1 fully saturated rings. The molecule has 1 aromatic rings. The Morgan fingerprint density at radius 3 is 2.76 bits per heavy atom. The van der Waals surface area contributed by atoms with Crippen LogP contribution in [0.5, 0.6) is 5.75 Å². The summed E-state index contributed by atoms with van der Waals surface area (Å²) < 4.78 is 5.63. The van der Waals surface area contributed by atoms with Crippen molar-refractivity contribution in [2.75, 3.05) is 26.5 Å². The summed E-state index contributed by atoms with van der Waals surface area (Å²) in [5.74, 6) is 1.16. The van der Waals surface area contributed by atoms with Gasteiger partial charge in [-0.2, -0.15) is 0 Å². The van der Waals surface area contributed by atoms with E-state index in [9.17, 15) is 4.79 Å². The second-order valence-corrected chi connectivity index (χ2v) is 4.33. The number of carbonyl (C=O) groups excluding carboxylic acids is 1. The zero-order chi connectivity index (χ0) is 12.4. The lowest BCUT2D eigenvalue weighted by molar-refractivity contribution is 0.0827. The smallest absolute Gasteiger partial charge is 0.257 e. The Balaban J connectivity index is 2.27. The number of pyridine rings is 1. The van der Waals surface area contributed by atoms with E-state index >= 15 is 0 Å². The fourth-order valence-corrected chi connectivity index (χ4v) is 1.49. The van der Waals surface area contributed by atoms with Gasteiger partial charge in [0.1, 0.15) is 11.6 Å². The first kappa shape index (κ1) is 11.7. The van der Waals surface area contributed by atoms with Crippen molar-refractivity contribution in [1.82, 2.24) is 9.88 Å². The van der Waals surface area contributed by atoms with Gasteiger partial charge in [-0.1, -0.05) is 0 Å². The lowest BCUT2D eigenvalue weighted by atomic mass is 10.2. The summed E-state index contributed by atoms with van der Waals surface area (Å²) in [7, 11) is 5.18. The quantitative estimate of drug-likeness (QED) is 0.856. The molecule has 0 atom stereocenters. The molecule has 5 heteroatoms. The van der Waals surface area contributed by atoms with Gasteiger partial charge in [-0.3, -0.25) is 4.79 Å². The zero-order valence-corrected chi connectivity index (χ0v) is 10.4. The maximum Gasteiger partial charge on any atom is 0.257 e. The largest absolute Gasteiger partial charge is 0.489 e. The lowest BCUT2D eigenvalue weighted by Crippen LogP contribution is -2.23. The van der Waals surface area contributed by atoms with Crippen LogP contribution in [0.2, 0.25) is 0 Å². The van der Waals surface area contributed by atoms with Crippen LogP contribution in [0.15, 0.2) is 12.3 Å². The molecule has 1 amide bonds. The molecular weight excluding hydrogens is 218 g/mol. The molecule has 0 aliphatic heterocycles. The molecular formula is C12H17N3O2. The van der Waals surface area contributed by atoms with Crippen molar-refractivity contribution >= 4 is 11.7 Å². The van der Waals surface area contributed by atoms with E-state index in [1.54, 1.807) is 33.4 Å². The second kappa shape index (κ2) is 4.61. The second-order valence-electron chi connectivity index (χ2n) is 4.33. The van der Waals surface area contributed by atoms with Crippen LogP contribution in [0.3, 0.4) is 0 Å². The molecule has 5 nitrogen and oxygen atoms in total. The Labute approximate surface area is 101 Å².